The molecule has 0 bridgehead atoms. The zero-order valence-corrected chi connectivity index (χ0v) is 21.3. The van der Waals surface area contributed by atoms with Crippen LogP contribution in [0.3, 0.4) is 0 Å². The third kappa shape index (κ3) is 5.91. The van der Waals surface area contributed by atoms with E-state index in [1.54, 1.807) is 26.4 Å². The number of rotatable bonds is 9. The third-order valence-corrected chi connectivity index (χ3v) is 6.57. The molecule has 7 nitrogen and oxygen atoms in total. The summed E-state index contributed by atoms with van der Waals surface area (Å²) in [5.41, 5.74) is 4.67. The molecule has 0 unspecified atom stereocenters. The summed E-state index contributed by atoms with van der Waals surface area (Å²) in [7, 11) is 3.35. The molecule has 3 aromatic carbocycles. The monoisotopic (exact) mass is 489 g/mol. The highest BCUT2D eigenvalue weighted by Gasteiger charge is 2.22. The molecule has 1 heterocycles. The van der Waals surface area contributed by atoms with Gasteiger partial charge in [0.15, 0.2) is 0 Å². The number of phenolic OH excluding ortho intramolecular Hbond substituents is 1. The fraction of sp³-hybridized carbons (Fsp3) is 0.345. The van der Waals surface area contributed by atoms with Gasteiger partial charge in [-0.15, -0.1) is 0 Å². The minimum atomic E-state index is -0.0220. The minimum absolute atomic E-state index is 0.0220. The number of hydrogen-bond donors (Lipinski definition) is 2. The first-order valence-corrected chi connectivity index (χ1v) is 12.4. The Balaban J connectivity index is 1.42. The first-order valence-electron chi connectivity index (χ1n) is 12.4. The number of hydrogen-bond acceptors (Lipinski definition) is 6. The molecule has 1 saturated heterocycles. The minimum Gasteiger partial charge on any atom is -0.508 e. The molecule has 0 radical (unpaired) electrons. The fourth-order valence-electron chi connectivity index (χ4n) is 4.54. The van der Waals surface area contributed by atoms with Crippen molar-refractivity contribution in [3.63, 3.8) is 0 Å². The van der Waals surface area contributed by atoms with E-state index < -0.39 is 0 Å². The Morgan fingerprint density at radius 2 is 1.58 bits per heavy atom. The number of piperazine rings is 1. The van der Waals surface area contributed by atoms with Gasteiger partial charge in [0.1, 0.15) is 17.2 Å². The predicted octanol–water partition coefficient (Wildman–Crippen LogP) is 4.54. The van der Waals surface area contributed by atoms with Gasteiger partial charge in [0.2, 0.25) is 0 Å². The van der Waals surface area contributed by atoms with Crippen LogP contribution in [-0.4, -0.2) is 62.9 Å². The number of aromatic hydroxyl groups is 1. The topological polar surface area (TPSA) is 74.3 Å². The van der Waals surface area contributed by atoms with E-state index in [9.17, 15) is 9.90 Å². The summed E-state index contributed by atoms with van der Waals surface area (Å²) < 4.78 is 11.5. The summed E-state index contributed by atoms with van der Waals surface area (Å²) >= 11 is 0. The Morgan fingerprint density at radius 3 is 2.17 bits per heavy atom. The quantitative estimate of drug-likeness (QED) is 0.460. The van der Waals surface area contributed by atoms with Gasteiger partial charge in [-0.2, -0.15) is 0 Å². The largest absolute Gasteiger partial charge is 0.508 e. The van der Waals surface area contributed by atoms with Crippen molar-refractivity contribution < 1.29 is 19.4 Å². The number of carbonyl (C=O) groups excluding carboxylic acids is 1. The van der Waals surface area contributed by atoms with Crippen LogP contribution in [0, 0.1) is 0 Å². The van der Waals surface area contributed by atoms with Crippen molar-refractivity contribution in [2.24, 2.45) is 0 Å². The molecule has 1 amide bonds. The van der Waals surface area contributed by atoms with Crippen molar-refractivity contribution in [2.45, 2.75) is 19.9 Å². The van der Waals surface area contributed by atoms with E-state index >= 15 is 0 Å². The fourth-order valence-corrected chi connectivity index (χ4v) is 4.54. The van der Waals surface area contributed by atoms with Crippen LogP contribution in [0.25, 0.3) is 11.1 Å². The second-order valence-electron chi connectivity index (χ2n) is 8.98. The highest BCUT2D eigenvalue weighted by molar-refractivity contribution is 5.94. The summed E-state index contributed by atoms with van der Waals surface area (Å²) in [5.74, 6) is 1.74. The van der Waals surface area contributed by atoms with Crippen LogP contribution in [0.5, 0.6) is 17.2 Å². The van der Waals surface area contributed by atoms with Crippen molar-refractivity contribution in [1.82, 2.24) is 10.2 Å². The molecule has 0 spiro atoms. The van der Waals surface area contributed by atoms with E-state index in [4.69, 9.17) is 9.47 Å². The van der Waals surface area contributed by atoms with Crippen molar-refractivity contribution in [3.05, 3.63) is 71.8 Å². The van der Waals surface area contributed by atoms with Gasteiger partial charge in [-0.1, -0.05) is 19.1 Å². The predicted molar refractivity (Wildman–Crippen MR) is 143 cm³/mol. The highest BCUT2D eigenvalue weighted by Crippen LogP contribution is 2.37. The lowest BCUT2D eigenvalue weighted by Crippen LogP contribution is -2.46. The highest BCUT2D eigenvalue weighted by atomic mass is 16.5. The van der Waals surface area contributed by atoms with Gasteiger partial charge in [-0.3, -0.25) is 9.69 Å². The molecule has 0 aliphatic carbocycles. The van der Waals surface area contributed by atoms with Gasteiger partial charge in [0.25, 0.3) is 5.91 Å². The summed E-state index contributed by atoms with van der Waals surface area (Å²) in [6, 6.07) is 19.0. The van der Waals surface area contributed by atoms with Gasteiger partial charge in [-0.25, -0.2) is 0 Å². The lowest BCUT2D eigenvalue weighted by Gasteiger charge is -2.36. The molecule has 1 aliphatic rings. The number of nitrogens with one attached hydrogen (secondary N) is 1. The van der Waals surface area contributed by atoms with E-state index in [1.807, 2.05) is 55.5 Å². The average molecular weight is 490 g/mol. The molecular weight excluding hydrogens is 454 g/mol. The number of anilines is 1. The third-order valence-electron chi connectivity index (χ3n) is 6.57. The summed E-state index contributed by atoms with van der Waals surface area (Å²) in [6.45, 7) is 7.05. The number of amides is 1. The molecule has 0 saturated carbocycles. The number of ether oxygens (including phenoxy) is 2. The summed E-state index contributed by atoms with van der Waals surface area (Å²) in [4.78, 5) is 16.9. The van der Waals surface area contributed by atoms with Gasteiger partial charge < -0.3 is 24.8 Å². The van der Waals surface area contributed by atoms with E-state index in [0.717, 1.165) is 73.0 Å². The van der Waals surface area contributed by atoms with Gasteiger partial charge in [0, 0.05) is 50.5 Å². The molecule has 1 fully saturated rings. The standard InChI is InChI=1S/C29H35N3O4/c1-4-12-30-29(34)21-8-10-24(11-9-21)32-15-13-31(14-16-32)20-26-27(35-2)18-23(19-28(26)36-3)22-6-5-7-25(33)17-22/h5-11,17-19,33H,4,12-16,20H2,1-3H3,(H,30,34). The first-order chi connectivity index (χ1) is 17.5. The van der Waals surface area contributed by atoms with Gasteiger partial charge >= 0.3 is 0 Å². The second kappa shape index (κ2) is 11.8. The Hall–Kier alpha value is -3.71. The van der Waals surface area contributed by atoms with E-state index in [1.165, 1.54) is 0 Å². The Kier molecular flexibility index (Phi) is 8.33. The molecule has 2 N–H and O–H groups in total. The van der Waals surface area contributed by atoms with E-state index in [0.29, 0.717) is 12.1 Å². The van der Waals surface area contributed by atoms with Crippen LogP contribution in [0.2, 0.25) is 0 Å². The van der Waals surface area contributed by atoms with E-state index in [-0.39, 0.29) is 11.7 Å². The molecule has 0 aromatic heterocycles. The van der Waals surface area contributed by atoms with Crippen molar-refractivity contribution in [2.75, 3.05) is 51.8 Å². The van der Waals surface area contributed by atoms with Crippen LogP contribution in [0.4, 0.5) is 5.69 Å². The number of benzene rings is 3. The lowest BCUT2D eigenvalue weighted by molar-refractivity contribution is 0.0953. The van der Waals surface area contributed by atoms with Crippen LogP contribution >= 0.6 is 0 Å². The second-order valence-corrected chi connectivity index (χ2v) is 8.98. The Morgan fingerprint density at radius 1 is 0.917 bits per heavy atom. The number of carbonyl (C=O) groups is 1. The summed E-state index contributed by atoms with van der Waals surface area (Å²) in [5, 5.41) is 12.8. The smallest absolute Gasteiger partial charge is 0.251 e. The van der Waals surface area contributed by atoms with Crippen LogP contribution < -0.4 is 19.7 Å². The number of methoxy groups -OCH3 is 2. The van der Waals surface area contributed by atoms with Gasteiger partial charge in [0.05, 0.1) is 19.8 Å². The SMILES string of the molecule is CCCNC(=O)c1ccc(N2CCN(Cc3c(OC)cc(-c4cccc(O)c4)cc3OC)CC2)cc1. The molecule has 4 rings (SSSR count). The molecule has 7 heteroatoms. The number of phenols is 1. The van der Waals surface area contributed by atoms with Crippen molar-refractivity contribution in [1.29, 1.82) is 0 Å². The van der Waals surface area contributed by atoms with Crippen molar-refractivity contribution >= 4 is 11.6 Å². The average Bonchev–Trinajstić information content (AvgIpc) is 2.92. The first kappa shape index (κ1) is 25.4. The molecule has 0 atom stereocenters. The molecule has 190 valence electrons. The zero-order valence-electron chi connectivity index (χ0n) is 21.3. The lowest BCUT2D eigenvalue weighted by atomic mass is 10.0. The normalized spacial score (nSPS) is 13.9. The van der Waals surface area contributed by atoms with Gasteiger partial charge in [-0.05, 0) is 66.1 Å². The molecular formula is C29H35N3O4. The molecule has 1 aliphatic heterocycles. The van der Waals surface area contributed by atoms with Crippen LogP contribution in [0.1, 0.15) is 29.3 Å². The maximum Gasteiger partial charge on any atom is 0.251 e. The molecule has 36 heavy (non-hydrogen) atoms. The van der Waals surface area contributed by atoms with E-state index in [2.05, 4.69) is 15.1 Å². The van der Waals surface area contributed by atoms with Crippen LogP contribution in [0.15, 0.2) is 60.7 Å². The molecule has 3 aromatic rings. The maximum atomic E-state index is 12.2. The summed E-state index contributed by atoms with van der Waals surface area (Å²) in [6.07, 6.45) is 0.924. The van der Waals surface area contributed by atoms with Crippen LogP contribution in [-0.2, 0) is 6.54 Å². The zero-order chi connectivity index (χ0) is 25.5. The van der Waals surface area contributed by atoms with Crippen molar-refractivity contribution in [3.8, 4) is 28.4 Å². The Bertz CT molecular complexity index is 1150. The Labute approximate surface area is 213 Å². The number of nitrogens with zero attached hydrogens (tertiary/aromatic N) is 2. The maximum absolute atomic E-state index is 12.2.